The van der Waals surface area contributed by atoms with Crippen LogP contribution >= 0.6 is 11.3 Å². The number of hydrogen-bond acceptors (Lipinski definition) is 6. The number of benzene rings is 1. The molecule has 1 N–H and O–H groups in total. The first-order valence-corrected chi connectivity index (χ1v) is 9.88. The number of Topliss-reactive ketones (excluding diaryl/α,β-unsaturated/α-hetero) is 1. The first kappa shape index (κ1) is 18.2. The van der Waals surface area contributed by atoms with Gasteiger partial charge in [0, 0.05) is 29.7 Å². The van der Waals surface area contributed by atoms with Crippen LogP contribution < -0.4 is 5.32 Å². The molecule has 0 radical (unpaired) electrons. The van der Waals surface area contributed by atoms with E-state index < -0.39 is 6.04 Å². The number of aromatic nitrogens is 2. The number of ketones is 1. The fourth-order valence-electron chi connectivity index (χ4n) is 3.47. The molecule has 8 heteroatoms. The largest absolute Gasteiger partial charge is 0.343 e. The van der Waals surface area contributed by atoms with Crippen molar-refractivity contribution in [3.63, 3.8) is 0 Å². The summed E-state index contributed by atoms with van der Waals surface area (Å²) >= 11 is 1.27. The molecule has 142 valence electrons. The minimum atomic E-state index is -0.502. The number of amides is 2. The Morgan fingerprint density at radius 1 is 1.14 bits per heavy atom. The minimum absolute atomic E-state index is 0.132. The van der Waals surface area contributed by atoms with Gasteiger partial charge in [-0.3, -0.25) is 19.4 Å². The highest BCUT2D eigenvalue weighted by molar-refractivity contribution is 7.11. The maximum atomic E-state index is 12.7. The number of thiazole rings is 1. The lowest BCUT2D eigenvalue weighted by molar-refractivity contribution is -0.130. The molecule has 28 heavy (non-hydrogen) atoms. The molecule has 1 fully saturated rings. The fourth-order valence-corrected chi connectivity index (χ4v) is 4.10. The second kappa shape index (κ2) is 7.85. The van der Waals surface area contributed by atoms with Gasteiger partial charge in [0.2, 0.25) is 11.7 Å². The summed E-state index contributed by atoms with van der Waals surface area (Å²) in [4.78, 5) is 47.7. The van der Waals surface area contributed by atoms with E-state index in [4.69, 9.17) is 0 Å². The molecule has 3 heterocycles. The summed E-state index contributed by atoms with van der Waals surface area (Å²) in [6.07, 6.45) is 4.53. The van der Waals surface area contributed by atoms with E-state index in [-0.39, 0.29) is 24.1 Å². The molecule has 0 unspecified atom stereocenters. The normalized spacial score (nSPS) is 16.3. The third-order valence-corrected chi connectivity index (χ3v) is 5.60. The highest BCUT2D eigenvalue weighted by Gasteiger charge is 2.35. The molecule has 0 aliphatic carbocycles. The number of hydrogen-bond donors (Lipinski definition) is 1. The topological polar surface area (TPSA) is 92.3 Å². The molecule has 7 nitrogen and oxygen atoms in total. The predicted octanol–water partition coefficient (Wildman–Crippen LogP) is 2.30. The van der Waals surface area contributed by atoms with Crippen molar-refractivity contribution in [2.75, 3.05) is 13.1 Å². The molecular weight excluding hydrogens is 376 g/mol. The number of rotatable bonds is 5. The van der Waals surface area contributed by atoms with Crippen LogP contribution in [0.1, 0.15) is 33.0 Å². The van der Waals surface area contributed by atoms with Gasteiger partial charge in [-0.2, -0.15) is 0 Å². The summed E-state index contributed by atoms with van der Waals surface area (Å²) in [5, 5.41) is 5.57. The minimum Gasteiger partial charge on any atom is -0.343 e. The lowest BCUT2D eigenvalue weighted by Gasteiger charge is -2.23. The summed E-state index contributed by atoms with van der Waals surface area (Å²) in [5.74, 6) is -0.736. The van der Waals surface area contributed by atoms with Crippen LogP contribution in [0.15, 0.2) is 48.1 Å². The number of nitrogens with one attached hydrogen (secondary N) is 1. The summed E-state index contributed by atoms with van der Waals surface area (Å²) < 4.78 is 0. The van der Waals surface area contributed by atoms with Crippen LogP contribution in [0.25, 0.3) is 10.9 Å². The van der Waals surface area contributed by atoms with Crippen molar-refractivity contribution in [1.82, 2.24) is 20.2 Å². The quantitative estimate of drug-likeness (QED) is 0.671. The Hall–Kier alpha value is -3.13. The van der Waals surface area contributed by atoms with Gasteiger partial charge in [-0.1, -0.05) is 18.2 Å². The number of nitrogens with zero attached hydrogens (tertiary/aromatic N) is 3. The average Bonchev–Trinajstić information content (AvgIpc) is 3.43. The second-order valence-electron chi connectivity index (χ2n) is 6.51. The first-order valence-electron chi connectivity index (χ1n) is 9.00. The Labute approximate surface area is 165 Å². The zero-order chi connectivity index (χ0) is 19.5. The van der Waals surface area contributed by atoms with Gasteiger partial charge < -0.3 is 10.2 Å². The number of carbonyl (C=O) groups is 3. The molecular formula is C20H18N4O3S. The van der Waals surface area contributed by atoms with Crippen LogP contribution in [-0.2, 0) is 4.79 Å². The molecule has 2 amide bonds. The zero-order valence-corrected chi connectivity index (χ0v) is 15.8. The molecule has 3 aromatic rings. The third kappa shape index (κ3) is 3.50. The summed E-state index contributed by atoms with van der Waals surface area (Å²) in [6, 6.07) is 8.47. The van der Waals surface area contributed by atoms with Gasteiger partial charge in [0.15, 0.2) is 5.01 Å². The van der Waals surface area contributed by atoms with Crippen molar-refractivity contribution >= 4 is 39.8 Å². The number of para-hydroxylation sites is 1. The Morgan fingerprint density at radius 3 is 2.82 bits per heavy atom. The van der Waals surface area contributed by atoms with Gasteiger partial charge in [-0.25, -0.2) is 4.98 Å². The second-order valence-corrected chi connectivity index (χ2v) is 7.40. The van der Waals surface area contributed by atoms with Crippen LogP contribution in [0.5, 0.6) is 0 Å². The average molecular weight is 394 g/mol. The maximum Gasteiger partial charge on any atom is 0.252 e. The van der Waals surface area contributed by atoms with E-state index in [1.807, 2.05) is 24.3 Å². The van der Waals surface area contributed by atoms with Gasteiger partial charge in [0.1, 0.15) is 0 Å². The van der Waals surface area contributed by atoms with E-state index in [0.717, 1.165) is 17.3 Å². The Morgan fingerprint density at radius 2 is 2.00 bits per heavy atom. The lowest BCUT2D eigenvalue weighted by Crippen LogP contribution is -2.45. The predicted molar refractivity (Wildman–Crippen MR) is 105 cm³/mol. The van der Waals surface area contributed by atoms with Crippen molar-refractivity contribution in [2.45, 2.75) is 18.9 Å². The van der Waals surface area contributed by atoms with Crippen molar-refractivity contribution in [3.8, 4) is 0 Å². The molecule has 1 atom stereocenters. The van der Waals surface area contributed by atoms with Gasteiger partial charge in [-0.05, 0) is 25.0 Å². The van der Waals surface area contributed by atoms with E-state index >= 15 is 0 Å². The van der Waals surface area contributed by atoms with E-state index in [1.165, 1.54) is 11.3 Å². The summed E-state index contributed by atoms with van der Waals surface area (Å²) in [7, 11) is 0. The Bertz CT molecular complexity index is 1030. The van der Waals surface area contributed by atoms with E-state index in [9.17, 15) is 14.4 Å². The molecule has 1 aliphatic heterocycles. The first-order chi connectivity index (χ1) is 13.6. The SMILES string of the molecule is O=C(NCC(=O)N1CCC[C@H]1C(=O)c1nccs1)c1ccnc2ccccc12. The number of likely N-dealkylation sites (tertiary alicyclic amines) is 1. The van der Waals surface area contributed by atoms with Crippen molar-refractivity contribution in [3.05, 3.63) is 58.7 Å². The molecule has 0 spiro atoms. The van der Waals surface area contributed by atoms with Crippen LogP contribution in [0, 0.1) is 0 Å². The van der Waals surface area contributed by atoms with E-state index in [1.54, 1.807) is 28.7 Å². The maximum absolute atomic E-state index is 12.7. The number of pyridine rings is 1. The van der Waals surface area contributed by atoms with Crippen molar-refractivity contribution in [1.29, 1.82) is 0 Å². The molecule has 4 rings (SSSR count). The highest BCUT2D eigenvalue weighted by atomic mass is 32.1. The van der Waals surface area contributed by atoms with Gasteiger partial charge in [0.05, 0.1) is 23.7 Å². The molecule has 0 saturated carbocycles. The third-order valence-electron chi connectivity index (χ3n) is 4.81. The molecule has 2 aromatic heterocycles. The van der Waals surface area contributed by atoms with Crippen LogP contribution in [0.4, 0.5) is 0 Å². The number of carbonyl (C=O) groups excluding carboxylic acids is 3. The van der Waals surface area contributed by atoms with Crippen molar-refractivity contribution < 1.29 is 14.4 Å². The van der Waals surface area contributed by atoms with Crippen LogP contribution in [-0.4, -0.2) is 51.6 Å². The standard InChI is InChI=1S/C20H18N4O3S/c25-17(24-10-3-6-16(24)18(26)20-22-9-11-28-20)12-23-19(27)14-7-8-21-15-5-2-1-4-13(14)15/h1-2,4-5,7-9,11,16H,3,6,10,12H2,(H,23,27)/t16-/m0/s1. The Balaban J connectivity index is 1.43. The molecule has 1 aliphatic rings. The van der Waals surface area contributed by atoms with E-state index in [0.29, 0.717) is 23.5 Å². The van der Waals surface area contributed by atoms with E-state index in [2.05, 4.69) is 15.3 Å². The summed E-state index contributed by atoms with van der Waals surface area (Å²) in [6.45, 7) is 0.353. The van der Waals surface area contributed by atoms with Crippen LogP contribution in [0.2, 0.25) is 0 Å². The van der Waals surface area contributed by atoms with Gasteiger partial charge >= 0.3 is 0 Å². The molecule has 1 saturated heterocycles. The monoisotopic (exact) mass is 394 g/mol. The summed E-state index contributed by atoms with van der Waals surface area (Å²) in [5.41, 5.74) is 1.19. The highest BCUT2D eigenvalue weighted by Crippen LogP contribution is 2.22. The van der Waals surface area contributed by atoms with Crippen molar-refractivity contribution in [2.24, 2.45) is 0 Å². The molecule has 0 bridgehead atoms. The van der Waals surface area contributed by atoms with Gasteiger partial charge in [0.25, 0.3) is 5.91 Å². The lowest BCUT2D eigenvalue weighted by atomic mass is 10.1. The fraction of sp³-hybridized carbons (Fsp3) is 0.250. The zero-order valence-electron chi connectivity index (χ0n) is 15.0. The van der Waals surface area contributed by atoms with Gasteiger partial charge in [-0.15, -0.1) is 11.3 Å². The van der Waals surface area contributed by atoms with Crippen LogP contribution in [0.3, 0.4) is 0 Å². The Kier molecular flexibility index (Phi) is 5.12. The molecule has 1 aromatic carbocycles. The number of fused-ring (bicyclic) bond motifs is 1. The smallest absolute Gasteiger partial charge is 0.252 e.